The molecule has 0 bridgehead atoms. The highest BCUT2D eigenvalue weighted by molar-refractivity contribution is 5.66. The van der Waals surface area contributed by atoms with Crippen molar-refractivity contribution in [3.05, 3.63) is 11.7 Å². The zero-order chi connectivity index (χ0) is 13.8. The first-order valence-corrected chi connectivity index (χ1v) is 6.88. The van der Waals surface area contributed by atoms with E-state index in [4.69, 9.17) is 9.63 Å². The third kappa shape index (κ3) is 3.53. The van der Waals surface area contributed by atoms with Crippen LogP contribution in [0, 0.1) is 0 Å². The van der Waals surface area contributed by atoms with Crippen molar-refractivity contribution in [2.75, 3.05) is 6.54 Å². The standard InChI is InChI=1S/C13H21N3O3/c1-9(2)16-8-4-3-5-10(16)13-14-11(15-19-13)6-7-12(17)18/h9-10H,3-8H2,1-2H3,(H,17,18). The summed E-state index contributed by atoms with van der Waals surface area (Å²) >= 11 is 0. The quantitative estimate of drug-likeness (QED) is 0.879. The fourth-order valence-corrected chi connectivity index (χ4v) is 2.56. The average Bonchev–Trinajstić information content (AvgIpc) is 2.85. The molecule has 1 saturated heterocycles. The lowest BCUT2D eigenvalue weighted by molar-refractivity contribution is -0.137. The smallest absolute Gasteiger partial charge is 0.303 e. The van der Waals surface area contributed by atoms with E-state index in [0.29, 0.717) is 24.2 Å². The number of carbonyl (C=O) groups is 1. The van der Waals surface area contributed by atoms with Crippen LogP contribution >= 0.6 is 0 Å². The molecule has 1 aromatic rings. The number of piperidine rings is 1. The Hall–Kier alpha value is -1.43. The molecular formula is C13H21N3O3. The van der Waals surface area contributed by atoms with Gasteiger partial charge in [-0.2, -0.15) is 4.98 Å². The number of aryl methyl sites for hydroxylation is 1. The van der Waals surface area contributed by atoms with Crippen molar-refractivity contribution < 1.29 is 14.4 Å². The Bertz CT molecular complexity index is 431. The van der Waals surface area contributed by atoms with Gasteiger partial charge in [0.1, 0.15) is 0 Å². The summed E-state index contributed by atoms with van der Waals surface area (Å²) < 4.78 is 5.32. The molecule has 1 unspecified atom stereocenters. The van der Waals surface area contributed by atoms with Gasteiger partial charge in [-0.15, -0.1) is 0 Å². The number of hydrogen-bond acceptors (Lipinski definition) is 5. The number of aromatic nitrogens is 2. The van der Waals surface area contributed by atoms with Gasteiger partial charge in [-0.1, -0.05) is 11.6 Å². The molecule has 1 aliphatic heterocycles. The third-order valence-corrected chi connectivity index (χ3v) is 3.54. The van der Waals surface area contributed by atoms with Crippen molar-refractivity contribution in [1.82, 2.24) is 15.0 Å². The molecule has 2 rings (SSSR count). The second-order valence-electron chi connectivity index (χ2n) is 5.29. The molecule has 1 aliphatic rings. The van der Waals surface area contributed by atoms with Crippen LogP contribution in [0.2, 0.25) is 0 Å². The van der Waals surface area contributed by atoms with Crippen molar-refractivity contribution in [1.29, 1.82) is 0 Å². The molecule has 106 valence electrons. The van der Waals surface area contributed by atoms with E-state index in [2.05, 4.69) is 28.9 Å². The largest absolute Gasteiger partial charge is 0.481 e. The minimum atomic E-state index is -0.840. The Morgan fingerprint density at radius 1 is 1.53 bits per heavy atom. The normalized spacial score (nSPS) is 20.9. The van der Waals surface area contributed by atoms with E-state index in [0.717, 1.165) is 13.0 Å². The van der Waals surface area contributed by atoms with Gasteiger partial charge in [0.15, 0.2) is 5.82 Å². The Morgan fingerprint density at radius 3 is 3.00 bits per heavy atom. The van der Waals surface area contributed by atoms with Gasteiger partial charge in [-0.05, 0) is 33.2 Å². The molecular weight excluding hydrogens is 246 g/mol. The molecule has 6 heteroatoms. The van der Waals surface area contributed by atoms with Gasteiger partial charge in [-0.25, -0.2) is 0 Å². The average molecular weight is 267 g/mol. The van der Waals surface area contributed by atoms with Crippen LogP contribution < -0.4 is 0 Å². The second kappa shape index (κ2) is 6.14. The van der Waals surface area contributed by atoms with Gasteiger partial charge in [0, 0.05) is 12.5 Å². The van der Waals surface area contributed by atoms with Crippen LogP contribution in [0.25, 0.3) is 0 Å². The molecule has 0 aromatic carbocycles. The number of hydrogen-bond donors (Lipinski definition) is 1. The highest BCUT2D eigenvalue weighted by Gasteiger charge is 2.30. The van der Waals surface area contributed by atoms with Crippen molar-refractivity contribution in [2.45, 2.75) is 58.0 Å². The maximum Gasteiger partial charge on any atom is 0.303 e. The van der Waals surface area contributed by atoms with Crippen molar-refractivity contribution >= 4 is 5.97 Å². The monoisotopic (exact) mass is 267 g/mol. The number of nitrogens with zero attached hydrogens (tertiary/aromatic N) is 3. The van der Waals surface area contributed by atoms with Gasteiger partial charge >= 0.3 is 5.97 Å². The summed E-state index contributed by atoms with van der Waals surface area (Å²) in [6.45, 7) is 5.38. The summed E-state index contributed by atoms with van der Waals surface area (Å²) in [5.41, 5.74) is 0. The molecule has 1 atom stereocenters. The molecule has 1 aromatic heterocycles. The van der Waals surface area contributed by atoms with E-state index in [9.17, 15) is 4.79 Å². The lowest BCUT2D eigenvalue weighted by atomic mass is 10.0. The van der Waals surface area contributed by atoms with Crippen LogP contribution in [-0.4, -0.2) is 38.7 Å². The van der Waals surface area contributed by atoms with E-state index in [1.807, 2.05) is 0 Å². The molecule has 6 nitrogen and oxygen atoms in total. The summed E-state index contributed by atoms with van der Waals surface area (Å²) in [5, 5.41) is 12.5. The highest BCUT2D eigenvalue weighted by atomic mass is 16.5. The van der Waals surface area contributed by atoms with Crippen LogP contribution in [0.5, 0.6) is 0 Å². The van der Waals surface area contributed by atoms with Crippen molar-refractivity contribution in [2.24, 2.45) is 0 Å². The minimum Gasteiger partial charge on any atom is -0.481 e. The fraction of sp³-hybridized carbons (Fsp3) is 0.769. The number of carboxylic acids is 1. The molecule has 1 N–H and O–H groups in total. The molecule has 0 saturated carbocycles. The van der Waals surface area contributed by atoms with Crippen LogP contribution in [-0.2, 0) is 11.2 Å². The molecule has 19 heavy (non-hydrogen) atoms. The summed E-state index contributed by atoms with van der Waals surface area (Å²) in [6, 6.07) is 0.625. The van der Waals surface area contributed by atoms with Crippen molar-refractivity contribution in [3.8, 4) is 0 Å². The van der Waals surface area contributed by atoms with Gasteiger partial charge in [-0.3, -0.25) is 9.69 Å². The summed E-state index contributed by atoms with van der Waals surface area (Å²) in [5.74, 6) is 0.285. The van der Waals surface area contributed by atoms with E-state index in [1.54, 1.807) is 0 Å². The first-order chi connectivity index (χ1) is 9.08. The number of aliphatic carboxylic acids is 1. The molecule has 1 fully saturated rings. The number of likely N-dealkylation sites (tertiary alicyclic amines) is 1. The van der Waals surface area contributed by atoms with E-state index in [-0.39, 0.29) is 12.5 Å². The van der Waals surface area contributed by atoms with E-state index >= 15 is 0 Å². The van der Waals surface area contributed by atoms with Gasteiger partial charge in [0.2, 0.25) is 5.89 Å². The molecule has 0 spiro atoms. The lowest BCUT2D eigenvalue weighted by Crippen LogP contribution is -2.38. The van der Waals surface area contributed by atoms with Crippen LogP contribution in [0.4, 0.5) is 0 Å². The maximum absolute atomic E-state index is 10.5. The molecule has 0 amide bonds. The topological polar surface area (TPSA) is 79.5 Å². The number of carboxylic acid groups (broad SMARTS) is 1. The van der Waals surface area contributed by atoms with E-state index < -0.39 is 5.97 Å². The third-order valence-electron chi connectivity index (χ3n) is 3.54. The Labute approximate surface area is 112 Å². The Balaban J connectivity index is 2.05. The number of rotatable bonds is 5. The first-order valence-electron chi connectivity index (χ1n) is 6.88. The lowest BCUT2D eigenvalue weighted by Gasteiger charge is -2.36. The van der Waals surface area contributed by atoms with Gasteiger partial charge in [0.05, 0.1) is 12.5 Å². The van der Waals surface area contributed by atoms with Crippen molar-refractivity contribution in [3.63, 3.8) is 0 Å². The van der Waals surface area contributed by atoms with E-state index in [1.165, 1.54) is 12.8 Å². The molecule has 0 radical (unpaired) electrons. The predicted molar refractivity (Wildman–Crippen MR) is 68.7 cm³/mol. The van der Waals surface area contributed by atoms with Crippen LogP contribution in [0.1, 0.15) is 57.3 Å². The fourth-order valence-electron chi connectivity index (χ4n) is 2.56. The predicted octanol–water partition coefficient (Wildman–Crippen LogP) is 2.02. The van der Waals surface area contributed by atoms with Gasteiger partial charge in [0.25, 0.3) is 0 Å². The Kier molecular flexibility index (Phi) is 4.52. The van der Waals surface area contributed by atoms with Gasteiger partial charge < -0.3 is 9.63 Å². The second-order valence-corrected chi connectivity index (χ2v) is 5.29. The zero-order valence-electron chi connectivity index (χ0n) is 11.5. The van der Waals surface area contributed by atoms with Crippen LogP contribution in [0.15, 0.2) is 4.52 Å². The summed E-state index contributed by atoms with van der Waals surface area (Å²) in [7, 11) is 0. The molecule has 0 aliphatic carbocycles. The first kappa shape index (κ1) is 14.0. The SMILES string of the molecule is CC(C)N1CCCCC1c1nc(CCC(=O)O)no1. The summed E-state index contributed by atoms with van der Waals surface area (Å²) in [4.78, 5) is 17.3. The minimum absolute atomic E-state index is 0.0392. The molecule has 2 heterocycles. The van der Waals surface area contributed by atoms with Crippen LogP contribution in [0.3, 0.4) is 0 Å². The zero-order valence-corrected chi connectivity index (χ0v) is 11.5. The highest BCUT2D eigenvalue weighted by Crippen LogP contribution is 2.31. The maximum atomic E-state index is 10.5. The summed E-state index contributed by atoms with van der Waals surface area (Å²) in [6.07, 6.45) is 3.76. The Morgan fingerprint density at radius 2 is 2.32 bits per heavy atom.